The number of thioether (sulfide) groups is 1. The summed E-state index contributed by atoms with van der Waals surface area (Å²) in [4.78, 5) is 8.21. The molecule has 15 heavy (non-hydrogen) atoms. The number of hydrogen-bond donors (Lipinski definition) is 1. The van der Waals surface area contributed by atoms with Crippen LogP contribution in [0.2, 0.25) is 5.02 Å². The Labute approximate surface area is 100 Å². The van der Waals surface area contributed by atoms with Gasteiger partial charge in [-0.1, -0.05) is 23.4 Å². The number of halogens is 1. The van der Waals surface area contributed by atoms with Crippen molar-refractivity contribution in [3.05, 3.63) is 29.2 Å². The quantitative estimate of drug-likeness (QED) is 0.857. The van der Waals surface area contributed by atoms with Gasteiger partial charge in [0.15, 0.2) is 4.34 Å². The predicted molar refractivity (Wildman–Crippen MR) is 63.1 cm³/mol. The Bertz CT molecular complexity index is 446. The van der Waals surface area contributed by atoms with E-state index in [4.69, 9.17) is 17.3 Å². The first kappa shape index (κ1) is 10.7. The highest BCUT2D eigenvalue weighted by atomic mass is 35.5. The van der Waals surface area contributed by atoms with Crippen LogP contribution in [0.1, 0.15) is 5.69 Å². The molecule has 2 aromatic heterocycles. The molecule has 78 valence electrons. The molecular formula is C8H7ClN4S2. The lowest BCUT2D eigenvalue weighted by Gasteiger charge is -2.02. The second-order valence-corrected chi connectivity index (χ2v) is 5.07. The van der Waals surface area contributed by atoms with Gasteiger partial charge < -0.3 is 5.73 Å². The standard InChI is InChI=1S/C8H7ClN4S2/c9-5-1-2-7(10)13-6(5)3-14-8-11-4-12-15-8/h1-2,4H,3H2,(H2,10,13). The average Bonchev–Trinajstić information content (AvgIpc) is 2.72. The zero-order chi connectivity index (χ0) is 10.7. The molecule has 0 spiro atoms. The molecule has 0 saturated carbocycles. The first-order valence-corrected chi connectivity index (χ1v) is 6.20. The van der Waals surface area contributed by atoms with Gasteiger partial charge in [-0.25, -0.2) is 9.97 Å². The number of nitrogen functional groups attached to an aromatic ring is 1. The normalized spacial score (nSPS) is 10.5. The van der Waals surface area contributed by atoms with Gasteiger partial charge in [0, 0.05) is 5.75 Å². The van der Waals surface area contributed by atoms with Gasteiger partial charge in [-0.05, 0) is 23.7 Å². The van der Waals surface area contributed by atoms with Crippen molar-refractivity contribution < 1.29 is 0 Å². The van der Waals surface area contributed by atoms with Gasteiger partial charge in [0.1, 0.15) is 12.1 Å². The highest BCUT2D eigenvalue weighted by Gasteiger charge is 2.05. The summed E-state index contributed by atoms with van der Waals surface area (Å²) < 4.78 is 4.80. The summed E-state index contributed by atoms with van der Waals surface area (Å²) in [6.07, 6.45) is 1.53. The maximum atomic E-state index is 5.97. The molecule has 0 saturated heterocycles. The average molecular weight is 259 g/mol. The van der Waals surface area contributed by atoms with E-state index in [1.165, 1.54) is 17.9 Å². The van der Waals surface area contributed by atoms with Crippen molar-refractivity contribution >= 4 is 40.7 Å². The summed E-state index contributed by atoms with van der Waals surface area (Å²) in [5.41, 5.74) is 6.35. The van der Waals surface area contributed by atoms with E-state index >= 15 is 0 Å². The molecule has 7 heteroatoms. The second-order valence-electron chi connectivity index (χ2n) is 2.66. The van der Waals surface area contributed by atoms with E-state index in [1.54, 1.807) is 23.9 Å². The van der Waals surface area contributed by atoms with Crippen molar-refractivity contribution in [2.45, 2.75) is 10.1 Å². The highest BCUT2D eigenvalue weighted by molar-refractivity contribution is 8.00. The van der Waals surface area contributed by atoms with Crippen LogP contribution in [0.25, 0.3) is 0 Å². The van der Waals surface area contributed by atoms with Crippen molar-refractivity contribution in [1.82, 2.24) is 14.3 Å². The summed E-state index contributed by atoms with van der Waals surface area (Å²) in [6, 6.07) is 3.43. The lowest BCUT2D eigenvalue weighted by molar-refractivity contribution is 1.17. The van der Waals surface area contributed by atoms with E-state index in [-0.39, 0.29) is 0 Å². The Kier molecular flexibility index (Phi) is 3.40. The summed E-state index contributed by atoms with van der Waals surface area (Å²) in [7, 11) is 0. The van der Waals surface area contributed by atoms with Crippen LogP contribution in [0.4, 0.5) is 5.82 Å². The topological polar surface area (TPSA) is 64.7 Å². The fraction of sp³-hybridized carbons (Fsp3) is 0.125. The number of anilines is 1. The Balaban J connectivity index is 2.07. The number of rotatable bonds is 3. The molecular weight excluding hydrogens is 252 g/mol. The van der Waals surface area contributed by atoms with E-state index in [0.717, 1.165) is 10.0 Å². The molecule has 0 aliphatic carbocycles. The van der Waals surface area contributed by atoms with Gasteiger partial charge >= 0.3 is 0 Å². The lowest BCUT2D eigenvalue weighted by Crippen LogP contribution is -1.94. The third kappa shape index (κ3) is 2.80. The van der Waals surface area contributed by atoms with Crippen molar-refractivity contribution in [1.29, 1.82) is 0 Å². The molecule has 2 heterocycles. The fourth-order valence-corrected chi connectivity index (χ4v) is 2.61. The smallest absolute Gasteiger partial charge is 0.170 e. The Morgan fingerprint density at radius 1 is 1.47 bits per heavy atom. The monoisotopic (exact) mass is 258 g/mol. The van der Waals surface area contributed by atoms with Crippen LogP contribution in [-0.4, -0.2) is 14.3 Å². The molecule has 0 aromatic carbocycles. The molecule has 0 radical (unpaired) electrons. The molecule has 0 unspecified atom stereocenters. The summed E-state index contributed by atoms with van der Waals surface area (Å²) in [5, 5.41) is 0.626. The van der Waals surface area contributed by atoms with E-state index < -0.39 is 0 Å². The molecule has 0 amide bonds. The van der Waals surface area contributed by atoms with E-state index in [2.05, 4.69) is 14.3 Å². The van der Waals surface area contributed by atoms with Crippen LogP contribution < -0.4 is 5.73 Å². The maximum Gasteiger partial charge on any atom is 0.170 e. The van der Waals surface area contributed by atoms with Gasteiger partial charge in [-0.15, -0.1) is 0 Å². The molecule has 2 rings (SSSR count). The van der Waals surface area contributed by atoms with Crippen LogP contribution in [-0.2, 0) is 5.75 Å². The third-order valence-electron chi connectivity index (χ3n) is 1.61. The van der Waals surface area contributed by atoms with E-state index in [0.29, 0.717) is 16.6 Å². The highest BCUT2D eigenvalue weighted by Crippen LogP contribution is 2.26. The molecule has 4 nitrogen and oxygen atoms in total. The molecule has 0 atom stereocenters. The number of hydrogen-bond acceptors (Lipinski definition) is 6. The molecule has 2 N–H and O–H groups in total. The minimum absolute atomic E-state index is 0.479. The zero-order valence-corrected chi connectivity index (χ0v) is 9.94. The van der Waals surface area contributed by atoms with Gasteiger partial charge in [0.25, 0.3) is 0 Å². The van der Waals surface area contributed by atoms with Crippen LogP contribution in [0.15, 0.2) is 22.8 Å². The minimum Gasteiger partial charge on any atom is -0.384 e. The van der Waals surface area contributed by atoms with Gasteiger partial charge in [-0.3, -0.25) is 0 Å². The number of pyridine rings is 1. The van der Waals surface area contributed by atoms with Crippen LogP contribution in [0.3, 0.4) is 0 Å². The first-order chi connectivity index (χ1) is 7.25. The largest absolute Gasteiger partial charge is 0.384 e. The van der Waals surface area contributed by atoms with Gasteiger partial charge in [-0.2, -0.15) is 4.37 Å². The Hall–Kier alpha value is -0.850. The minimum atomic E-state index is 0.479. The van der Waals surface area contributed by atoms with Gasteiger partial charge in [0.05, 0.1) is 10.7 Å². The summed E-state index contributed by atoms with van der Waals surface area (Å²) in [6.45, 7) is 0. The molecule has 0 aliphatic heterocycles. The predicted octanol–water partition coefficient (Wildman–Crippen LogP) is 2.46. The first-order valence-electron chi connectivity index (χ1n) is 4.06. The third-order valence-corrected chi connectivity index (χ3v) is 3.77. The van der Waals surface area contributed by atoms with E-state index in [9.17, 15) is 0 Å². The molecule has 0 aliphatic rings. The SMILES string of the molecule is Nc1ccc(Cl)c(CSc2ncns2)n1. The summed E-state index contributed by atoms with van der Waals surface area (Å²) in [5.74, 6) is 1.13. The number of nitrogens with two attached hydrogens (primary N) is 1. The second kappa shape index (κ2) is 4.78. The fourth-order valence-electron chi connectivity index (χ4n) is 0.959. The summed E-state index contributed by atoms with van der Waals surface area (Å²) >= 11 is 8.87. The lowest BCUT2D eigenvalue weighted by atomic mass is 10.4. The number of nitrogens with zero attached hydrogens (tertiary/aromatic N) is 3. The van der Waals surface area contributed by atoms with Crippen LogP contribution in [0.5, 0.6) is 0 Å². The van der Waals surface area contributed by atoms with E-state index in [1.807, 2.05) is 0 Å². The van der Waals surface area contributed by atoms with Gasteiger partial charge in [0.2, 0.25) is 0 Å². The zero-order valence-electron chi connectivity index (χ0n) is 7.55. The molecule has 0 bridgehead atoms. The molecule has 0 fully saturated rings. The maximum absolute atomic E-state index is 5.97. The molecule has 2 aromatic rings. The van der Waals surface area contributed by atoms with Crippen molar-refractivity contribution in [3.8, 4) is 0 Å². The Morgan fingerprint density at radius 2 is 2.33 bits per heavy atom. The van der Waals surface area contributed by atoms with Crippen LogP contribution >= 0.6 is 34.9 Å². The van der Waals surface area contributed by atoms with Crippen molar-refractivity contribution in [2.75, 3.05) is 5.73 Å². The number of aromatic nitrogens is 3. The van der Waals surface area contributed by atoms with Crippen molar-refractivity contribution in [2.24, 2.45) is 0 Å². The van der Waals surface area contributed by atoms with Crippen molar-refractivity contribution in [3.63, 3.8) is 0 Å². The Morgan fingerprint density at radius 3 is 3.07 bits per heavy atom. The van der Waals surface area contributed by atoms with Crippen LogP contribution in [0, 0.1) is 0 Å².